The van der Waals surface area contributed by atoms with Crippen molar-refractivity contribution in [3.63, 3.8) is 0 Å². The van der Waals surface area contributed by atoms with E-state index in [0.717, 1.165) is 5.56 Å². The van der Waals surface area contributed by atoms with Crippen molar-refractivity contribution >= 4 is 17.0 Å². The molecular formula is C21H18N4O3. The minimum absolute atomic E-state index is 0.115. The number of carboxylic acid groups (broad SMARTS) is 1. The number of hydrogen-bond donors (Lipinski definition) is 1. The second-order valence-electron chi connectivity index (χ2n) is 6.19. The van der Waals surface area contributed by atoms with E-state index in [-0.39, 0.29) is 5.56 Å². The van der Waals surface area contributed by atoms with Crippen LogP contribution < -0.4 is 4.74 Å². The Kier molecular flexibility index (Phi) is 4.49. The molecule has 0 radical (unpaired) electrons. The number of benzene rings is 1. The largest absolute Gasteiger partial charge is 0.495 e. The van der Waals surface area contributed by atoms with E-state index in [1.807, 2.05) is 37.3 Å². The lowest BCUT2D eigenvalue weighted by Gasteiger charge is -2.14. The van der Waals surface area contributed by atoms with Crippen molar-refractivity contribution in [3.05, 3.63) is 60.6 Å². The smallest absolute Gasteiger partial charge is 0.338 e. The van der Waals surface area contributed by atoms with E-state index in [1.165, 1.54) is 0 Å². The quantitative estimate of drug-likeness (QED) is 0.570. The zero-order valence-electron chi connectivity index (χ0n) is 15.5. The average Bonchev–Trinajstić information content (AvgIpc) is 3.15. The summed E-state index contributed by atoms with van der Waals surface area (Å²) in [5.41, 5.74) is 3.03. The maximum absolute atomic E-state index is 12.3. The van der Waals surface area contributed by atoms with Gasteiger partial charge < -0.3 is 9.84 Å². The Morgan fingerprint density at radius 3 is 2.61 bits per heavy atom. The number of nitrogens with zero attached hydrogens (tertiary/aromatic N) is 4. The van der Waals surface area contributed by atoms with Crippen LogP contribution in [-0.2, 0) is 6.54 Å². The van der Waals surface area contributed by atoms with Crippen LogP contribution in [0.15, 0.2) is 55.0 Å². The van der Waals surface area contributed by atoms with Gasteiger partial charge in [0, 0.05) is 34.8 Å². The normalized spacial score (nSPS) is 10.9. The summed E-state index contributed by atoms with van der Waals surface area (Å²) in [6.45, 7) is 2.58. The maximum atomic E-state index is 12.3. The molecule has 140 valence electrons. The molecule has 0 saturated carbocycles. The molecule has 0 bridgehead atoms. The standard InChI is InChI=1S/C21H18N4O3/c1-3-25-20-16(12-23-25)17(14-9-15(28-2)11-22-10-14)18(21(26)27)19(24-20)13-7-5-4-6-8-13/h4-12H,3H2,1-2H3,(H,26,27). The summed E-state index contributed by atoms with van der Waals surface area (Å²) < 4.78 is 7.04. The van der Waals surface area contributed by atoms with Crippen LogP contribution in [0.2, 0.25) is 0 Å². The maximum Gasteiger partial charge on any atom is 0.338 e. The molecule has 0 spiro atoms. The van der Waals surface area contributed by atoms with Gasteiger partial charge in [-0.25, -0.2) is 14.5 Å². The summed E-state index contributed by atoms with van der Waals surface area (Å²) in [6, 6.07) is 11.1. The van der Waals surface area contributed by atoms with E-state index in [9.17, 15) is 9.90 Å². The Morgan fingerprint density at radius 1 is 1.14 bits per heavy atom. The number of rotatable bonds is 5. The van der Waals surface area contributed by atoms with Crippen LogP contribution in [0.1, 0.15) is 17.3 Å². The van der Waals surface area contributed by atoms with Crippen molar-refractivity contribution < 1.29 is 14.6 Å². The van der Waals surface area contributed by atoms with Crippen LogP contribution in [-0.4, -0.2) is 37.9 Å². The number of hydrogen-bond acceptors (Lipinski definition) is 5. The molecule has 0 fully saturated rings. The van der Waals surface area contributed by atoms with Crippen molar-refractivity contribution in [2.75, 3.05) is 7.11 Å². The molecule has 0 aliphatic heterocycles. The van der Waals surface area contributed by atoms with Crippen molar-refractivity contribution in [2.24, 2.45) is 0 Å². The summed E-state index contributed by atoms with van der Waals surface area (Å²) in [5.74, 6) is -0.515. The van der Waals surface area contributed by atoms with Crippen LogP contribution in [0.3, 0.4) is 0 Å². The first-order valence-corrected chi connectivity index (χ1v) is 8.81. The molecule has 7 heteroatoms. The highest BCUT2D eigenvalue weighted by atomic mass is 16.5. The SMILES string of the molecule is CCn1ncc2c(-c3cncc(OC)c3)c(C(=O)O)c(-c3ccccc3)nc21. The van der Waals surface area contributed by atoms with Gasteiger partial charge in [0.25, 0.3) is 0 Å². The first kappa shape index (κ1) is 17.7. The number of aromatic nitrogens is 4. The number of aryl methyl sites for hydroxylation is 1. The van der Waals surface area contributed by atoms with E-state index in [4.69, 9.17) is 9.72 Å². The van der Waals surface area contributed by atoms with E-state index < -0.39 is 5.97 Å². The minimum Gasteiger partial charge on any atom is -0.495 e. The number of carboxylic acids is 1. The third-order valence-corrected chi connectivity index (χ3v) is 4.58. The molecule has 0 atom stereocenters. The van der Waals surface area contributed by atoms with Crippen molar-refractivity contribution in [1.29, 1.82) is 0 Å². The van der Waals surface area contributed by atoms with Gasteiger partial charge >= 0.3 is 5.97 Å². The molecule has 0 aliphatic carbocycles. The fourth-order valence-corrected chi connectivity index (χ4v) is 3.30. The second-order valence-corrected chi connectivity index (χ2v) is 6.19. The number of aromatic carboxylic acids is 1. The molecule has 28 heavy (non-hydrogen) atoms. The zero-order chi connectivity index (χ0) is 19.7. The van der Waals surface area contributed by atoms with Gasteiger partial charge in [-0.3, -0.25) is 4.98 Å². The highest BCUT2D eigenvalue weighted by Crippen LogP contribution is 2.37. The van der Waals surface area contributed by atoms with Gasteiger partial charge in [0.1, 0.15) is 5.75 Å². The molecule has 1 N–H and O–H groups in total. The van der Waals surface area contributed by atoms with E-state index in [2.05, 4.69) is 10.1 Å². The Bertz CT molecular complexity index is 1170. The summed E-state index contributed by atoms with van der Waals surface area (Å²) >= 11 is 0. The molecule has 0 aliphatic rings. The van der Waals surface area contributed by atoms with E-state index in [0.29, 0.717) is 40.1 Å². The first-order chi connectivity index (χ1) is 13.6. The van der Waals surface area contributed by atoms with E-state index >= 15 is 0 Å². The first-order valence-electron chi connectivity index (χ1n) is 8.81. The van der Waals surface area contributed by atoms with Crippen molar-refractivity contribution in [1.82, 2.24) is 19.7 Å². The topological polar surface area (TPSA) is 90.1 Å². The number of pyridine rings is 2. The molecule has 3 heterocycles. The van der Waals surface area contributed by atoms with Gasteiger partial charge in [-0.05, 0) is 13.0 Å². The van der Waals surface area contributed by atoms with Gasteiger partial charge in [0.15, 0.2) is 5.65 Å². The Balaban J connectivity index is 2.15. The zero-order valence-corrected chi connectivity index (χ0v) is 15.5. The number of methoxy groups -OCH3 is 1. The fourth-order valence-electron chi connectivity index (χ4n) is 3.30. The number of fused-ring (bicyclic) bond motifs is 1. The van der Waals surface area contributed by atoms with Gasteiger partial charge in [0.05, 0.1) is 30.8 Å². The number of ether oxygens (including phenoxy) is 1. The fraction of sp³-hybridized carbons (Fsp3) is 0.143. The lowest BCUT2D eigenvalue weighted by molar-refractivity contribution is 0.0698. The second kappa shape index (κ2) is 7.11. The summed E-state index contributed by atoms with van der Waals surface area (Å²) in [4.78, 5) is 21.2. The molecule has 3 aromatic heterocycles. The molecular weight excluding hydrogens is 356 g/mol. The Hall–Kier alpha value is -3.74. The molecule has 0 saturated heterocycles. The predicted molar refractivity (Wildman–Crippen MR) is 105 cm³/mol. The van der Waals surface area contributed by atoms with Crippen LogP contribution in [0.5, 0.6) is 5.75 Å². The van der Waals surface area contributed by atoms with Gasteiger partial charge in [0.2, 0.25) is 0 Å². The van der Waals surface area contributed by atoms with Crippen LogP contribution in [0, 0.1) is 0 Å². The monoisotopic (exact) mass is 374 g/mol. The predicted octanol–water partition coefficient (Wildman–Crippen LogP) is 3.89. The number of carbonyl (C=O) groups is 1. The summed E-state index contributed by atoms with van der Waals surface area (Å²) in [6.07, 6.45) is 4.86. The minimum atomic E-state index is -1.06. The van der Waals surface area contributed by atoms with Gasteiger partial charge in [-0.15, -0.1) is 0 Å². The molecule has 4 aromatic rings. The highest BCUT2D eigenvalue weighted by molar-refractivity contribution is 6.10. The lowest BCUT2D eigenvalue weighted by atomic mass is 9.94. The molecule has 1 aromatic carbocycles. The van der Waals surface area contributed by atoms with Crippen LogP contribution >= 0.6 is 0 Å². The van der Waals surface area contributed by atoms with E-state index in [1.54, 1.807) is 36.4 Å². The van der Waals surface area contributed by atoms with Gasteiger partial charge in [-0.1, -0.05) is 30.3 Å². The third-order valence-electron chi connectivity index (χ3n) is 4.58. The summed E-state index contributed by atoms with van der Waals surface area (Å²) in [7, 11) is 1.55. The Morgan fingerprint density at radius 2 is 1.93 bits per heavy atom. The van der Waals surface area contributed by atoms with Crippen molar-refractivity contribution in [3.8, 4) is 28.1 Å². The average molecular weight is 374 g/mol. The Labute approximate surface area is 161 Å². The lowest BCUT2D eigenvalue weighted by Crippen LogP contribution is -2.07. The molecule has 4 rings (SSSR count). The third kappa shape index (κ3) is 2.87. The van der Waals surface area contributed by atoms with Crippen LogP contribution in [0.25, 0.3) is 33.4 Å². The molecule has 7 nitrogen and oxygen atoms in total. The van der Waals surface area contributed by atoms with Crippen molar-refractivity contribution in [2.45, 2.75) is 13.5 Å². The molecule has 0 amide bonds. The van der Waals surface area contributed by atoms with Gasteiger partial charge in [-0.2, -0.15) is 5.10 Å². The summed E-state index contributed by atoms with van der Waals surface area (Å²) in [5, 5.41) is 15.1. The van der Waals surface area contributed by atoms with Crippen LogP contribution in [0.4, 0.5) is 0 Å². The highest BCUT2D eigenvalue weighted by Gasteiger charge is 2.25. The molecule has 0 unspecified atom stereocenters.